The molecule has 0 aliphatic rings. The van der Waals surface area contributed by atoms with Gasteiger partial charge in [-0.1, -0.05) is 0 Å². The highest BCUT2D eigenvalue weighted by Gasteiger charge is 2.15. The number of carbonyl (C=O) groups is 1. The highest BCUT2D eigenvalue weighted by Crippen LogP contribution is 2.06. The first-order valence-electron chi connectivity index (χ1n) is 8.15. The molecule has 0 aliphatic carbocycles. The molecule has 1 atom stereocenters. The van der Waals surface area contributed by atoms with Crippen LogP contribution in [0.5, 0.6) is 0 Å². The molecule has 1 amide bonds. The monoisotopic (exact) mass is 355 g/mol. The van der Waals surface area contributed by atoms with Crippen LogP contribution in [-0.2, 0) is 18.3 Å². The van der Waals surface area contributed by atoms with Crippen LogP contribution in [0.4, 0.5) is 4.79 Å². The average Bonchev–Trinajstić information content (AvgIpc) is 2.85. The van der Waals surface area contributed by atoms with Crippen LogP contribution in [-0.4, -0.2) is 39.2 Å². The van der Waals surface area contributed by atoms with Gasteiger partial charge in [0.15, 0.2) is 5.11 Å². The number of aryl methyl sites for hydroxylation is 1. The van der Waals surface area contributed by atoms with Crippen molar-refractivity contribution >= 4 is 23.4 Å². The Balaban J connectivity index is 2.13. The lowest BCUT2D eigenvalue weighted by Gasteiger charge is -2.20. The summed E-state index contributed by atoms with van der Waals surface area (Å²) in [6.07, 6.45) is 3.12. The van der Waals surface area contributed by atoms with E-state index in [0.29, 0.717) is 18.2 Å². The van der Waals surface area contributed by atoms with Gasteiger partial charge in [-0.25, -0.2) is 4.79 Å². The van der Waals surface area contributed by atoms with E-state index in [4.69, 9.17) is 17.0 Å². The Bertz CT molecular complexity index is 539. The minimum atomic E-state index is -0.468. The Morgan fingerprint density at radius 3 is 2.71 bits per heavy atom. The summed E-state index contributed by atoms with van der Waals surface area (Å²) in [5.41, 5.74) is 0.596. The Labute approximate surface area is 149 Å². The van der Waals surface area contributed by atoms with Gasteiger partial charge in [0.1, 0.15) is 5.60 Å². The number of hydrogen-bond donors (Lipinski definition) is 3. The molecule has 8 heteroatoms. The van der Waals surface area contributed by atoms with Crippen LogP contribution in [0.15, 0.2) is 12.3 Å². The molecule has 0 aromatic carbocycles. The summed E-state index contributed by atoms with van der Waals surface area (Å²) in [5, 5.41) is 13.9. The smallest absolute Gasteiger partial charge is 0.407 e. The second kappa shape index (κ2) is 9.46. The number of alkyl carbamates (subject to hydrolysis) is 1. The fraction of sp³-hybridized carbons (Fsp3) is 0.688. The number of rotatable bonds is 7. The lowest BCUT2D eigenvalue weighted by Crippen LogP contribution is -2.40. The van der Waals surface area contributed by atoms with E-state index in [1.165, 1.54) is 0 Å². The van der Waals surface area contributed by atoms with E-state index in [1.54, 1.807) is 10.9 Å². The zero-order chi connectivity index (χ0) is 18.2. The van der Waals surface area contributed by atoms with Gasteiger partial charge in [-0.2, -0.15) is 5.10 Å². The highest BCUT2D eigenvalue weighted by molar-refractivity contribution is 7.80. The van der Waals surface area contributed by atoms with Crippen molar-refractivity contribution in [3.63, 3.8) is 0 Å². The molecule has 1 unspecified atom stereocenters. The van der Waals surface area contributed by atoms with E-state index in [-0.39, 0.29) is 12.1 Å². The molecule has 1 rings (SSSR count). The third-order valence-corrected chi connectivity index (χ3v) is 3.47. The molecule has 1 aromatic rings. The standard InChI is InChI=1S/C16H29N5O2S/c1-12(7-6-9-17-15(22)23-16(2,3)4)20-14(24)18-11-13-8-10-19-21(13)5/h8,10,12H,6-7,9,11H2,1-5H3,(H,17,22)(H2,18,20,24). The molecule has 0 spiro atoms. The average molecular weight is 356 g/mol. The Kier molecular flexibility index (Phi) is 7.97. The molecule has 0 saturated carbocycles. The van der Waals surface area contributed by atoms with Crippen molar-refractivity contribution in [3.8, 4) is 0 Å². The first-order chi connectivity index (χ1) is 11.2. The van der Waals surface area contributed by atoms with E-state index < -0.39 is 5.60 Å². The van der Waals surface area contributed by atoms with Gasteiger partial charge in [0.25, 0.3) is 0 Å². The predicted octanol–water partition coefficient (Wildman–Crippen LogP) is 2.08. The maximum atomic E-state index is 11.5. The van der Waals surface area contributed by atoms with Crippen molar-refractivity contribution in [1.29, 1.82) is 0 Å². The van der Waals surface area contributed by atoms with E-state index in [2.05, 4.69) is 28.0 Å². The topological polar surface area (TPSA) is 80.2 Å². The van der Waals surface area contributed by atoms with Gasteiger partial charge in [-0.15, -0.1) is 0 Å². The Morgan fingerprint density at radius 2 is 2.12 bits per heavy atom. The maximum Gasteiger partial charge on any atom is 0.407 e. The largest absolute Gasteiger partial charge is 0.444 e. The van der Waals surface area contributed by atoms with Crippen molar-refractivity contribution in [2.24, 2.45) is 7.05 Å². The minimum Gasteiger partial charge on any atom is -0.444 e. The fourth-order valence-corrected chi connectivity index (χ4v) is 2.28. The summed E-state index contributed by atoms with van der Waals surface area (Å²) in [6.45, 7) is 8.81. The number of nitrogens with zero attached hydrogens (tertiary/aromatic N) is 2. The zero-order valence-electron chi connectivity index (χ0n) is 15.2. The molecule has 136 valence electrons. The number of nitrogens with one attached hydrogen (secondary N) is 3. The lowest BCUT2D eigenvalue weighted by atomic mass is 10.2. The highest BCUT2D eigenvalue weighted by atomic mass is 32.1. The number of amides is 1. The molecule has 1 heterocycles. The van der Waals surface area contributed by atoms with Crippen molar-refractivity contribution in [2.45, 2.75) is 58.7 Å². The molecule has 0 fully saturated rings. The van der Waals surface area contributed by atoms with Gasteiger partial charge in [-0.05, 0) is 58.8 Å². The third-order valence-electron chi connectivity index (χ3n) is 3.21. The van der Waals surface area contributed by atoms with Crippen LogP contribution in [0.2, 0.25) is 0 Å². The molecule has 24 heavy (non-hydrogen) atoms. The molecular weight excluding hydrogens is 326 g/mol. The van der Waals surface area contributed by atoms with Crippen LogP contribution in [0.3, 0.4) is 0 Å². The van der Waals surface area contributed by atoms with Crippen LogP contribution in [0, 0.1) is 0 Å². The van der Waals surface area contributed by atoms with Gasteiger partial charge in [-0.3, -0.25) is 4.68 Å². The van der Waals surface area contributed by atoms with Gasteiger partial charge >= 0.3 is 6.09 Å². The Morgan fingerprint density at radius 1 is 1.42 bits per heavy atom. The maximum absolute atomic E-state index is 11.5. The molecule has 0 bridgehead atoms. The minimum absolute atomic E-state index is 0.219. The summed E-state index contributed by atoms with van der Waals surface area (Å²) in [6, 6.07) is 2.17. The van der Waals surface area contributed by atoms with Gasteiger partial charge < -0.3 is 20.7 Å². The summed E-state index contributed by atoms with van der Waals surface area (Å²) >= 11 is 5.29. The predicted molar refractivity (Wildman–Crippen MR) is 98.7 cm³/mol. The van der Waals surface area contributed by atoms with E-state index in [0.717, 1.165) is 18.5 Å². The quantitative estimate of drug-likeness (QED) is 0.513. The first kappa shape index (κ1) is 20.2. The second-order valence-electron chi connectivity index (χ2n) is 6.75. The number of carbonyl (C=O) groups excluding carboxylic acids is 1. The van der Waals surface area contributed by atoms with E-state index >= 15 is 0 Å². The molecule has 7 nitrogen and oxygen atoms in total. The van der Waals surface area contributed by atoms with Crippen LogP contribution >= 0.6 is 12.2 Å². The number of aromatic nitrogens is 2. The van der Waals surface area contributed by atoms with Crippen molar-refractivity contribution in [1.82, 2.24) is 25.7 Å². The molecule has 3 N–H and O–H groups in total. The second-order valence-corrected chi connectivity index (χ2v) is 7.15. The van der Waals surface area contributed by atoms with E-state index in [1.807, 2.05) is 33.9 Å². The number of thiocarbonyl (C=S) groups is 1. The molecule has 1 aromatic heterocycles. The van der Waals surface area contributed by atoms with Gasteiger partial charge in [0, 0.05) is 25.8 Å². The van der Waals surface area contributed by atoms with Crippen LogP contribution in [0.25, 0.3) is 0 Å². The number of hydrogen-bond acceptors (Lipinski definition) is 4. The van der Waals surface area contributed by atoms with Crippen molar-refractivity contribution in [3.05, 3.63) is 18.0 Å². The van der Waals surface area contributed by atoms with Gasteiger partial charge in [0.05, 0.1) is 12.2 Å². The van der Waals surface area contributed by atoms with Crippen molar-refractivity contribution in [2.75, 3.05) is 6.54 Å². The molecule has 0 saturated heterocycles. The summed E-state index contributed by atoms with van der Waals surface area (Å²) in [4.78, 5) is 11.5. The SMILES string of the molecule is CC(CCCNC(=O)OC(C)(C)C)NC(=S)NCc1ccnn1C. The lowest BCUT2D eigenvalue weighted by molar-refractivity contribution is 0.0526. The Hall–Kier alpha value is -1.83. The summed E-state index contributed by atoms with van der Waals surface area (Å²) in [7, 11) is 1.90. The number of ether oxygens (including phenoxy) is 1. The summed E-state index contributed by atoms with van der Waals surface area (Å²) in [5.74, 6) is 0. The molecule has 0 aliphatic heterocycles. The molecule has 0 radical (unpaired) electrons. The normalized spacial score (nSPS) is 12.4. The zero-order valence-corrected chi connectivity index (χ0v) is 16.0. The fourth-order valence-electron chi connectivity index (χ4n) is 2.01. The van der Waals surface area contributed by atoms with Crippen LogP contribution in [0.1, 0.15) is 46.2 Å². The van der Waals surface area contributed by atoms with E-state index in [9.17, 15) is 4.79 Å². The first-order valence-corrected chi connectivity index (χ1v) is 8.56. The van der Waals surface area contributed by atoms with Gasteiger partial charge in [0.2, 0.25) is 0 Å². The van der Waals surface area contributed by atoms with Crippen molar-refractivity contribution < 1.29 is 9.53 Å². The van der Waals surface area contributed by atoms with Crippen LogP contribution < -0.4 is 16.0 Å². The molecular formula is C16H29N5O2S. The summed E-state index contributed by atoms with van der Waals surface area (Å²) < 4.78 is 6.99. The third kappa shape index (κ3) is 8.71.